The van der Waals surface area contributed by atoms with Gasteiger partial charge in [-0.05, 0) is 69.3 Å². The number of aromatic nitrogens is 4. The van der Waals surface area contributed by atoms with Crippen molar-refractivity contribution in [1.29, 1.82) is 0 Å². The van der Waals surface area contributed by atoms with Gasteiger partial charge in [-0.15, -0.1) is 119 Å². The first-order valence-electron chi connectivity index (χ1n) is 18.6. The van der Waals surface area contributed by atoms with Gasteiger partial charge in [-0.1, -0.05) is 48.5 Å². The summed E-state index contributed by atoms with van der Waals surface area (Å²) in [5, 5.41) is 0. The molecule has 0 N–H and O–H groups in total. The van der Waals surface area contributed by atoms with Crippen LogP contribution in [0.5, 0.6) is 0 Å². The fourth-order valence-electron chi connectivity index (χ4n) is 5.13. The van der Waals surface area contributed by atoms with Crippen molar-refractivity contribution < 1.29 is 88.5 Å². The van der Waals surface area contributed by atoms with Crippen LogP contribution in [0.3, 0.4) is 0 Å². The van der Waals surface area contributed by atoms with E-state index in [9.17, 15) is 52.7 Å². The van der Waals surface area contributed by atoms with Crippen LogP contribution >= 0.6 is 19.2 Å². The summed E-state index contributed by atoms with van der Waals surface area (Å²) >= 11 is 2.94. The van der Waals surface area contributed by atoms with Crippen molar-refractivity contribution in [2.45, 2.75) is 24.7 Å². The van der Waals surface area contributed by atoms with Gasteiger partial charge in [-0.2, -0.15) is 52.7 Å². The molecule has 4 nitrogen and oxygen atoms in total. The molecule has 0 saturated heterocycles. The Morgan fingerprint density at radius 3 is 0.603 bits per heavy atom. The van der Waals surface area contributed by atoms with Crippen molar-refractivity contribution in [3.63, 3.8) is 0 Å². The van der Waals surface area contributed by atoms with E-state index in [0.29, 0.717) is 45.0 Å². The summed E-state index contributed by atoms with van der Waals surface area (Å²) in [4.78, 5) is 16.1. The Morgan fingerprint density at radius 1 is 0.294 bits per heavy atom. The molecule has 68 heavy (non-hydrogen) atoms. The fraction of sp³-hybridized carbons (Fsp3) is 0.0833. The van der Waals surface area contributed by atoms with Crippen LogP contribution in [0.2, 0.25) is 0 Å². The predicted octanol–water partition coefficient (Wildman–Crippen LogP) is 15.6. The molecule has 0 amide bonds. The molecule has 4 aromatic carbocycles. The molecule has 20 heteroatoms. The van der Waals surface area contributed by atoms with Gasteiger partial charge in [0.25, 0.3) is 0 Å². The van der Waals surface area contributed by atoms with Crippen molar-refractivity contribution in [2.75, 3.05) is 0 Å². The van der Waals surface area contributed by atoms with Gasteiger partial charge in [0.05, 0.1) is 0 Å². The standard InChI is InChI=1S/4C12H7F3N.2ClH.2Ir/c4*13-12(14,15)10-6-4-9(5-7-10)11-3-1-2-8-16-11;;;;/h4*1-4,6-8H;2*1H;;/q4*-1;;;2*+3/p-2. The van der Waals surface area contributed by atoms with Gasteiger partial charge in [0, 0.05) is 24.8 Å². The van der Waals surface area contributed by atoms with Crippen molar-refractivity contribution in [3.8, 4) is 45.0 Å². The average Bonchev–Trinajstić information content (AvgIpc) is 3.36. The molecule has 0 radical (unpaired) electrons. The normalized spacial score (nSPS) is 10.9. The third-order valence-corrected chi connectivity index (χ3v) is 8.32. The van der Waals surface area contributed by atoms with Crippen LogP contribution in [0.1, 0.15) is 22.3 Å². The number of rotatable bonds is 4. The summed E-state index contributed by atoms with van der Waals surface area (Å²) in [6.07, 6.45) is -10.9. The number of pyridine rings is 4. The van der Waals surface area contributed by atoms with Crippen molar-refractivity contribution in [2.24, 2.45) is 0 Å². The summed E-state index contributed by atoms with van der Waals surface area (Å²) in [5.74, 6) is 0. The molecule has 0 atom stereocenters. The first-order valence-corrected chi connectivity index (χ1v) is 24.5. The van der Waals surface area contributed by atoms with Crippen molar-refractivity contribution in [1.82, 2.24) is 19.9 Å². The number of hydrogen-bond acceptors (Lipinski definition) is 4. The molecule has 0 fully saturated rings. The van der Waals surface area contributed by atoms with Crippen LogP contribution in [0, 0.1) is 24.3 Å². The van der Waals surface area contributed by atoms with E-state index in [1.54, 1.807) is 97.6 Å². The number of hydrogen-bond donors (Lipinski definition) is 0. The molecule has 356 valence electrons. The Bertz CT molecular complexity index is 2240. The van der Waals surface area contributed by atoms with E-state index in [-0.39, 0.29) is 0 Å². The van der Waals surface area contributed by atoms with Gasteiger partial charge in [0.1, 0.15) is 0 Å². The van der Waals surface area contributed by atoms with E-state index in [1.807, 2.05) is 0 Å². The number of benzene rings is 4. The van der Waals surface area contributed by atoms with E-state index in [0.717, 1.165) is 48.5 Å². The van der Waals surface area contributed by atoms with Crippen LogP contribution in [0.15, 0.2) is 170 Å². The summed E-state index contributed by atoms with van der Waals surface area (Å²) in [7, 11) is 9.28. The molecule has 4 heterocycles. The molecule has 0 unspecified atom stereocenters. The second-order valence-electron chi connectivity index (χ2n) is 12.8. The quantitative estimate of drug-likeness (QED) is 0.130. The first-order chi connectivity index (χ1) is 32.3. The minimum absolute atomic E-state index is 0.550. The Morgan fingerprint density at radius 2 is 0.485 bits per heavy atom. The maximum atomic E-state index is 12.3. The third kappa shape index (κ3) is 18.9. The van der Waals surface area contributed by atoms with Gasteiger partial charge < -0.3 is 19.9 Å². The molecular weight excluding hydrogens is 1320 g/mol. The van der Waals surface area contributed by atoms with Gasteiger partial charge in [-0.3, -0.25) is 0 Å². The molecular formula is C48H28Cl2F12Ir2N4. The predicted molar refractivity (Wildman–Crippen MR) is 226 cm³/mol. The van der Waals surface area contributed by atoms with Gasteiger partial charge in [0.15, 0.2) is 0 Å². The molecule has 0 spiro atoms. The van der Waals surface area contributed by atoms with Crippen molar-refractivity contribution in [3.05, 3.63) is 217 Å². The summed E-state index contributed by atoms with van der Waals surface area (Å²) in [6.45, 7) is 0. The summed E-state index contributed by atoms with van der Waals surface area (Å²) in [5.41, 5.74) is 1.82. The fourth-order valence-corrected chi connectivity index (χ4v) is 5.13. The molecule has 0 aliphatic heterocycles. The Hall–Kier alpha value is -5.48. The van der Waals surface area contributed by atoms with Crippen LogP contribution in [-0.2, 0) is 60.5 Å². The third-order valence-electron chi connectivity index (χ3n) is 8.32. The maximum absolute atomic E-state index is 12.3. The molecule has 4 aromatic heterocycles. The topological polar surface area (TPSA) is 51.6 Å². The van der Waals surface area contributed by atoms with Crippen LogP contribution in [-0.4, -0.2) is 19.9 Å². The van der Waals surface area contributed by atoms with E-state index in [1.165, 1.54) is 60.0 Å². The molecule has 0 bridgehead atoms. The molecule has 8 rings (SSSR count). The van der Waals surface area contributed by atoms with E-state index in [4.69, 9.17) is 0 Å². The Kier molecular flexibility index (Phi) is 23.0. The zero-order valence-electron chi connectivity index (χ0n) is 33.9. The number of halogens is 14. The van der Waals surface area contributed by atoms with Gasteiger partial charge in [0.2, 0.25) is 0 Å². The Balaban J connectivity index is 0.000000234. The van der Waals surface area contributed by atoms with Gasteiger partial charge >= 0.3 is 79.7 Å². The minimum atomic E-state index is -4.32. The van der Waals surface area contributed by atoms with E-state index >= 15 is 0 Å². The second kappa shape index (κ2) is 27.5. The summed E-state index contributed by atoms with van der Waals surface area (Å²) in [6, 6.07) is 44.6. The zero-order valence-corrected chi connectivity index (χ0v) is 40.2. The molecule has 0 aliphatic rings. The SMILES string of the molecule is FC(F)(F)c1c[c-]c(-c2ccccn2)cc1.FC(F)(F)c1c[c-]c(-c2ccccn2)cc1.FC(F)(F)c1c[c-]c(-c2ccccn2)cc1.FC(F)(F)c1c[c-]c(-c2ccccn2)cc1.[Cl][Ir+2].[Cl][Ir+2]. The zero-order chi connectivity index (χ0) is 50.4. The van der Waals surface area contributed by atoms with Crippen LogP contribution < -0.4 is 0 Å². The van der Waals surface area contributed by atoms with Crippen LogP contribution in [0.4, 0.5) is 52.7 Å². The monoisotopic (exact) mass is 1340 g/mol. The molecule has 0 saturated carbocycles. The van der Waals surface area contributed by atoms with E-state index < -0.39 is 47.0 Å². The van der Waals surface area contributed by atoms with Gasteiger partial charge in [-0.25, -0.2) is 0 Å². The van der Waals surface area contributed by atoms with Crippen LogP contribution in [0.25, 0.3) is 45.0 Å². The molecule has 0 aliphatic carbocycles. The second-order valence-corrected chi connectivity index (χ2v) is 12.8. The number of nitrogens with zero attached hydrogens (tertiary/aromatic N) is 4. The molecule has 8 aromatic rings. The summed E-state index contributed by atoms with van der Waals surface area (Å²) < 4.78 is 147. The Labute approximate surface area is 411 Å². The van der Waals surface area contributed by atoms with E-state index in [2.05, 4.69) is 63.4 Å². The number of alkyl halides is 12. The average molecular weight is 1340 g/mol. The first kappa shape index (κ1) is 56.8. The van der Waals surface area contributed by atoms with Crippen molar-refractivity contribution >= 4 is 19.2 Å².